The van der Waals surface area contributed by atoms with Gasteiger partial charge in [0, 0.05) is 48.8 Å². The van der Waals surface area contributed by atoms with Gasteiger partial charge in [0.15, 0.2) is 0 Å². The maximum atomic E-state index is 12.4. The van der Waals surface area contributed by atoms with E-state index in [1.54, 1.807) is 4.90 Å². The molecule has 0 spiro atoms. The molecule has 2 aromatic carbocycles. The second kappa shape index (κ2) is 8.82. The number of hydrogen-bond donors (Lipinski definition) is 3. The van der Waals surface area contributed by atoms with E-state index in [4.69, 9.17) is 0 Å². The molecule has 3 amide bonds. The first kappa shape index (κ1) is 19.7. The zero-order chi connectivity index (χ0) is 20.9. The largest absolute Gasteiger partial charge is 0.361 e. The van der Waals surface area contributed by atoms with Crippen molar-refractivity contribution in [2.75, 3.05) is 24.5 Å². The van der Waals surface area contributed by atoms with Crippen LogP contribution in [-0.2, 0) is 20.8 Å². The number of anilines is 1. The molecule has 0 unspecified atom stereocenters. The van der Waals surface area contributed by atoms with Gasteiger partial charge in [-0.3, -0.25) is 14.4 Å². The molecule has 1 fully saturated rings. The van der Waals surface area contributed by atoms with Gasteiger partial charge in [-0.1, -0.05) is 36.4 Å². The smallest absolute Gasteiger partial charge is 0.227 e. The highest BCUT2D eigenvalue weighted by Crippen LogP contribution is 2.24. The minimum absolute atomic E-state index is 0.0478. The lowest BCUT2D eigenvalue weighted by molar-refractivity contribution is -0.126. The Morgan fingerprint density at radius 3 is 2.57 bits per heavy atom. The van der Waals surface area contributed by atoms with Crippen molar-refractivity contribution in [1.29, 1.82) is 0 Å². The average Bonchev–Trinajstić information content (AvgIpc) is 3.35. The van der Waals surface area contributed by atoms with Gasteiger partial charge >= 0.3 is 0 Å². The van der Waals surface area contributed by atoms with Gasteiger partial charge in [-0.05, 0) is 23.8 Å². The highest BCUT2D eigenvalue weighted by molar-refractivity contribution is 6.00. The molecule has 3 aromatic rings. The third kappa shape index (κ3) is 4.35. The van der Waals surface area contributed by atoms with Crippen molar-refractivity contribution in [3.8, 4) is 0 Å². The second-order valence-corrected chi connectivity index (χ2v) is 7.42. The van der Waals surface area contributed by atoms with Gasteiger partial charge in [-0.2, -0.15) is 0 Å². The quantitative estimate of drug-likeness (QED) is 0.526. The summed E-state index contributed by atoms with van der Waals surface area (Å²) < 4.78 is 0. The normalized spacial score (nSPS) is 16.1. The molecular weight excluding hydrogens is 380 g/mol. The molecule has 0 saturated carbocycles. The standard InChI is InChI=1S/C23H24N4O3/c28-21(12-16-14-26-20-9-5-4-8-19(16)20)24-10-11-25-23(30)17-13-22(29)27(15-17)18-6-2-1-3-7-18/h1-9,14,17,26H,10-13,15H2,(H,24,28)(H,25,30)/t17-/m1/s1. The number of H-pyrrole nitrogens is 1. The number of amides is 3. The summed E-state index contributed by atoms with van der Waals surface area (Å²) in [6.07, 6.45) is 2.33. The van der Waals surface area contributed by atoms with Gasteiger partial charge < -0.3 is 20.5 Å². The topological polar surface area (TPSA) is 94.3 Å². The van der Waals surface area contributed by atoms with Crippen LogP contribution in [-0.4, -0.2) is 42.3 Å². The van der Waals surface area contributed by atoms with E-state index in [1.165, 1.54) is 0 Å². The summed E-state index contributed by atoms with van der Waals surface area (Å²) in [5, 5.41) is 6.69. The SMILES string of the molecule is O=C(Cc1c[nH]c2ccccc12)NCCNC(=O)[C@@H]1CC(=O)N(c2ccccc2)C1. The first-order valence-corrected chi connectivity index (χ1v) is 10.1. The molecule has 154 valence electrons. The number of nitrogens with one attached hydrogen (secondary N) is 3. The number of rotatable bonds is 7. The predicted molar refractivity (Wildman–Crippen MR) is 115 cm³/mol. The van der Waals surface area contributed by atoms with Gasteiger partial charge in [0.05, 0.1) is 12.3 Å². The van der Waals surface area contributed by atoms with Crippen molar-refractivity contribution in [2.24, 2.45) is 5.92 Å². The van der Waals surface area contributed by atoms with Gasteiger partial charge in [0.2, 0.25) is 17.7 Å². The van der Waals surface area contributed by atoms with Crippen LogP contribution in [0.3, 0.4) is 0 Å². The lowest BCUT2D eigenvalue weighted by atomic mass is 10.1. The maximum Gasteiger partial charge on any atom is 0.227 e. The third-order valence-corrected chi connectivity index (χ3v) is 5.34. The highest BCUT2D eigenvalue weighted by atomic mass is 16.2. The molecule has 0 aliphatic carbocycles. The van der Waals surface area contributed by atoms with E-state index < -0.39 is 0 Å². The van der Waals surface area contributed by atoms with Crippen molar-refractivity contribution in [3.63, 3.8) is 0 Å². The number of benzene rings is 2. The number of carbonyl (C=O) groups is 3. The van der Waals surface area contributed by atoms with Crippen LogP contribution in [0.25, 0.3) is 10.9 Å². The number of hydrogen-bond acceptors (Lipinski definition) is 3. The minimum atomic E-state index is -0.375. The Hall–Kier alpha value is -3.61. The molecule has 7 nitrogen and oxygen atoms in total. The molecule has 0 radical (unpaired) electrons. The van der Waals surface area contributed by atoms with Crippen LogP contribution in [0.1, 0.15) is 12.0 Å². The Labute approximate surface area is 174 Å². The first-order valence-electron chi connectivity index (χ1n) is 10.1. The zero-order valence-electron chi connectivity index (χ0n) is 16.6. The molecule has 2 heterocycles. The summed E-state index contributed by atoms with van der Waals surface area (Å²) >= 11 is 0. The van der Waals surface area contributed by atoms with Crippen LogP contribution < -0.4 is 15.5 Å². The monoisotopic (exact) mass is 404 g/mol. The summed E-state index contributed by atoms with van der Waals surface area (Å²) in [6.45, 7) is 1.05. The van der Waals surface area contributed by atoms with E-state index in [-0.39, 0.29) is 36.5 Å². The van der Waals surface area contributed by atoms with Crippen LogP contribution >= 0.6 is 0 Å². The van der Waals surface area contributed by atoms with E-state index in [0.717, 1.165) is 22.2 Å². The Balaban J connectivity index is 1.20. The Bertz CT molecular complexity index is 1060. The maximum absolute atomic E-state index is 12.4. The average molecular weight is 404 g/mol. The first-order chi connectivity index (χ1) is 14.6. The molecule has 3 N–H and O–H groups in total. The molecule has 0 bridgehead atoms. The lowest BCUT2D eigenvalue weighted by Crippen LogP contribution is -2.38. The van der Waals surface area contributed by atoms with Crippen LogP contribution in [0.15, 0.2) is 60.8 Å². The summed E-state index contributed by atoms with van der Waals surface area (Å²) in [5.74, 6) is -0.680. The van der Waals surface area contributed by atoms with E-state index in [1.807, 2.05) is 60.8 Å². The second-order valence-electron chi connectivity index (χ2n) is 7.42. The third-order valence-electron chi connectivity index (χ3n) is 5.34. The van der Waals surface area contributed by atoms with E-state index >= 15 is 0 Å². The molecule has 1 atom stereocenters. The molecule has 1 saturated heterocycles. The van der Waals surface area contributed by atoms with Crippen molar-refractivity contribution in [2.45, 2.75) is 12.8 Å². The number of para-hydroxylation sites is 2. The Morgan fingerprint density at radius 2 is 1.73 bits per heavy atom. The number of aromatic nitrogens is 1. The molecule has 1 aromatic heterocycles. The summed E-state index contributed by atoms with van der Waals surface area (Å²) in [4.78, 5) is 41.7. The molecule has 7 heteroatoms. The highest BCUT2D eigenvalue weighted by Gasteiger charge is 2.34. The van der Waals surface area contributed by atoms with Crippen LogP contribution in [0.4, 0.5) is 5.69 Å². The van der Waals surface area contributed by atoms with Crippen LogP contribution in [0, 0.1) is 5.92 Å². The predicted octanol–water partition coefficient (Wildman–Crippen LogP) is 2.00. The minimum Gasteiger partial charge on any atom is -0.361 e. The van der Waals surface area contributed by atoms with E-state index in [2.05, 4.69) is 15.6 Å². The number of nitrogens with zero attached hydrogens (tertiary/aromatic N) is 1. The fourth-order valence-corrected chi connectivity index (χ4v) is 3.79. The zero-order valence-corrected chi connectivity index (χ0v) is 16.6. The number of aromatic amines is 1. The Morgan fingerprint density at radius 1 is 1.00 bits per heavy atom. The van der Waals surface area contributed by atoms with Crippen molar-refractivity contribution in [3.05, 3.63) is 66.4 Å². The van der Waals surface area contributed by atoms with Crippen molar-refractivity contribution in [1.82, 2.24) is 15.6 Å². The van der Waals surface area contributed by atoms with Gasteiger partial charge in [-0.15, -0.1) is 0 Å². The fourth-order valence-electron chi connectivity index (χ4n) is 3.79. The van der Waals surface area contributed by atoms with Crippen molar-refractivity contribution < 1.29 is 14.4 Å². The van der Waals surface area contributed by atoms with Crippen LogP contribution in [0.2, 0.25) is 0 Å². The van der Waals surface area contributed by atoms with E-state index in [0.29, 0.717) is 19.6 Å². The molecule has 1 aliphatic heterocycles. The number of fused-ring (bicyclic) bond motifs is 1. The molecular formula is C23H24N4O3. The summed E-state index contributed by atoms with van der Waals surface area (Å²) in [7, 11) is 0. The molecule has 4 rings (SSSR count). The van der Waals surface area contributed by atoms with Gasteiger partial charge in [0.25, 0.3) is 0 Å². The van der Waals surface area contributed by atoms with Crippen molar-refractivity contribution >= 4 is 34.3 Å². The molecule has 30 heavy (non-hydrogen) atoms. The van der Waals surface area contributed by atoms with Gasteiger partial charge in [0.1, 0.15) is 0 Å². The van der Waals surface area contributed by atoms with Gasteiger partial charge in [-0.25, -0.2) is 0 Å². The van der Waals surface area contributed by atoms with E-state index in [9.17, 15) is 14.4 Å². The fraction of sp³-hybridized carbons (Fsp3) is 0.261. The molecule has 1 aliphatic rings. The Kier molecular flexibility index (Phi) is 5.79. The lowest BCUT2D eigenvalue weighted by Gasteiger charge is -2.16. The summed E-state index contributed by atoms with van der Waals surface area (Å²) in [6, 6.07) is 17.2. The number of carbonyl (C=O) groups excluding carboxylic acids is 3. The summed E-state index contributed by atoms with van der Waals surface area (Å²) in [5.41, 5.74) is 2.75. The van der Waals surface area contributed by atoms with Crippen LogP contribution in [0.5, 0.6) is 0 Å².